The summed E-state index contributed by atoms with van der Waals surface area (Å²) < 4.78 is 0. The van der Waals surface area contributed by atoms with Gasteiger partial charge in [0.05, 0.1) is 5.41 Å². The molecule has 0 saturated carbocycles. The third-order valence-electron chi connectivity index (χ3n) is 3.29. The van der Waals surface area contributed by atoms with Crippen LogP contribution in [0.4, 0.5) is 0 Å². The molecule has 1 heterocycles. The van der Waals surface area contributed by atoms with E-state index in [2.05, 4.69) is 11.8 Å². The van der Waals surface area contributed by atoms with Gasteiger partial charge in [0.15, 0.2) is 0 Å². The number of carboxylic acids is 1. The lowest BCUT2D eigenvalue weighted by molar-refractivity contribution is -0.147. The summed E-state index contributed by atoms with van der Waals surface area (Å²) >= 11 is 0. The minimum Gasteiger partial charge on any atom is -0.481 e. The zero-order chi connectivity index (χ0) is 10.8. The van der Waals surface area contributed by atoms with Crippen LogP contribution < -0.4 is 0 Å². The topological polar surface area (TPSA) is 40.5 Å². The van der Waals surface area contributed by atoms with Gasteiger partial charge < -0.3 is 10.0 Å². The van der Waals surface area contributed by atoms with Crippen LogP contribution in [0, 0.1) is 5.41 Å². The van der Waals surface area contributed by atoms with Crippen molar-refractivity contribution in [1.82, 2.24) is 4.90 Å². The van der Waals surface area contributed by atoms with E-state index in [0.717, 1.165) is 19.5 Å². The average molecular weight is 199 g/mol. The Morgan fingerprint density at radius 1 is 1.57 bits per heavy atom. The molecule has 1 aliphatic rings. The molecular weight excluding hydrogens is 178 g/mol. The minimum atomic E-state index is -0.690. The predicted octanol–water partition coefficient (Wildman–Crippen LogP) is 1.97. The number of likely N-dealkylation sites (tertiary alicyclic amines) is 1. The van der Waals surface area contributed by atoms with Gasteiger partial charge in [0.2, 0.25) is 0 Å². The standard InChI is InChI=1S/C11H21NO2/c1-9-5-4-7-12(9)8-6-11(2,3)10(13)14/h9H,4-8H2,1-3H3,(H,13,14). The molecule has 14 heavy (non-hydrogen) atoms. The lowest BCUT2D eigenvalue weighted by atomic mass is 9.89. The summed E-state index contributed by atoms with van der Waals surface area (Å²) in [6, 6.07) is 0.639. The highest BCUT2D eigenvalue weighted by atomic mass is 16.4. The van der Waals surface area contributed by atoms with E-state index in [1.807, 2.05) is 0 Å². The molecule has 0 aromatic rings. The van der Waals surface area contributed by atoms with Gasteiger partial charge >= 0.3 is 5.97 Å². The van der Waals surface area contributed by atoms with Crippen LogP contribution in [0.5, 0.6) is 0 Å². The lowest BCUT2D eigenvalue weighted by Gasteiger charge is -2.26. The normalized spacial score (nSPS) is 24.1. The van der Waals surface area contributed by atoms with Crippen molar-refractivity contribution in [2.24, 2.45) is 5.41 Å². The van der Waals surface area contributed by atoms with Crippen LogP contribution in [0.15, 0.2) is 0 Å². The maximum Gasteiger partial charge on any atom is 0.309 e. The van der Waals surface area contributed by atoms with Crippen molar-refractivity contribution in [3.05, 3.63) is 0 Å². The van der Waals surface area contributed by atoms with E-state index in [-0.39, 0.29) is 0 Å². The SMILES string of the molecule is CC1CCCN1CCC(C)(C)C(=O)O. The largest absolute Gasteiger partial charge is 0.481 e. The van der Waals surface area contributed by atoms with Gasteiger partial charge in [0, 0.05) is 6.04 Å². The second-order valence-corrected chi connectivity index (χ2v) is 4.97. The summed E-state index contributed by atoms with van der Waals surface area (Å²) in [6.07, 6.45) is 3.26. The summed E-state index contributed by atoms with van der Waals surface area (Å²) in [5, 5.41) is 8.96. The van der Waals surface area contributed by atoms with Crippen LogP contribution in [-0.4, -0.2) is 35.1 Å². The first kappa shape index (κ1) is 11.5. The quantitative estimate of drug-likeness (QED) is 0.752. The fourth-order valence-electron chi connectivity index (χ4n) is 1.85. The molecule has 1 rings (SSSR count). The van der Waals surface area contributed by atoms with E-state index in [1.54, 1.807) is 13.8 Å². The van der Waals surface area contributed by atoms with E-state index in [1.165, 1.54) is 12.8 Å². The fourth-order valence-corrected chi connectivity index (χ4v) is 1.85. The molecule has 1 atom stereocenters. The Labute approximate surface area is 86.1 Å². The van der Waals surface area contributed by atoms with Gasteiger partial charge in [-0.2, -0.15) is 0 Å². The number of hydrogen-bond acceptors (Lipinski definition) is 2. The van der Waals surface area contributed by atoms with Gasteiger partial charge in [-0.1, -0.05) is 0 Å². The van der Waals surface area contributed by atoms with Crippen LogP contribution in [0.3, 0.4) is 0 Å². The van der Waals surface area contributed by atoms with E-state index in [0.29, 0.717) is 6.04 Å². The van der Waals surface area contributed by atoms with Crippen LogP contribution in [0.1, 0.15) is 40.0 Å². The summed E-state index contributed by atoms with van der Waals surface area (Å²) in [6.45, 7) is 7.88. The molecule has 0 amide bonds. The summed E-state index contributed by atoms with van der Waals surface area (Å²) in [4.78, 5) is 13.3. The molecule has 0 spiro atoms. The number of carbonyl (C=O) groups is 1. The number of nitrogens with zero attached hydrogens (tertiary/aromatic N) is 1. The maximum absolute atomic E-state index is 10.9. The number of carboxylic acid groups (broad SMARTS) is 1. The van der Waals surface area contributed by atoms with Crippen molar-refractivity contribution < 1.29 is 9.90 Å². The molecule has 0 aromatic carbocycles. The van der Waals surface area contributed by atoms with Gasteiger partial charge in [-0.15, -0.1) is 0 Å². The lowest BCUT2D eigenvalue weighted by Crippen LogP contribution is -2.33. The molecule has 1 N–H and O–H groups in total. The highest BCUT2D eigenvalue weighted by Crippen LogP contribution is 2.24. The Morgan fingerprint density at radius 2 is 2.21 bits per heavy atom. The van der Waals surface area contributed by atoms with Crippen LogP contribution in [-0.2, 0) is 4.79 Å². The molecule has 0 aliphatic carbocycles. The Bertz CT molecular complexity index is 213. The third-order valence-corrected chi connectivity index (χ3v) is 3.29. The first-order valence-corrected chi connectivity index (χ1v) is 5.41. The number of aliphatic carboxylic acids is 1. The van der Waals surface area contributed by atoms with Gasteiger partial charge in [-0.3, -0.25) is 4.79 Å². The van der Waals surface area contributed by atoms with Crippen LogP contribution in [0.25, 0.3) is 0 Å². The molecule has 0 radical (unpaired) electrons. The van der Waals surface area contributed by atoms with Crippen molar-refractivity contribution in [3.63, 3.8) is 0 Å². The van der Waals surface area contributed by atoms with Crippen LogP contribution in [0.2, 0.25) is 0 Å². The first-order valence-electron chi connectivity index (χ1n) is 5.41. The summed E-state index contributed by atoms with van der Waals surface area (Å²) in [5.41, 5.74) is -0.581. The summed E-state index contributed by atoms with van der Waals surface area (Å²) in [7, 11) is 0. The molecule has 82 valence electrons. The Hall–Kier alpha value is -0.570. The van der Waals surface area contributed by atoms with Gasteiger partial charge in [-0.25, -0.2) is 0 Å². The van der Waals surface area contributed by atoms with Gasteiger partial charge in [-0.05, 0) is 53.1 Å². The highest BCUT2D eigenvalue weighted by Gasteiger charge is 2.29. The maximum atomic E-state index is 10.9. The fraction of sp³-hybridized carbons (Fsp3) is 0.909. The number of rotatable bonds is 4. The molecule has 3 nitrogen and oxygen atoms in total. The Morgan fingerprint density at radius 3 is 2.64 bits per heavy atom. The van der Waals surface area contributed by atoms with E-state index in [4.69, 9.17) is 5.11 Å². The molecular formula is C11H21NO2. The van der Waals surface area contributed by atoms with Crippen molar-refractivity contribution in [1.29, 1.82) is 0 Å². The number of hydrogen-bond donors (Lipinski definition) is 1. The smallest absolute Gasteiger partial charge is 0.309 e. The minimum absolute atomic E-state index is 0.581. The highest BCUT2D eigenvalue weighted by molar-refractivity contribution is 5.73. The van der Waals surface area contributed by atoms with Crippen molar-refractivity contribution in [2.45, 2.75) is 46.1 Å². The Kier molecular flexibility index (Phi) is 3.53. The molecule has 3 heteroatoms. The second kappa shape index (κ2) is 4.30. The van der Waals surface area contributed by atoms with E-state index in [9.17, 15) is 4.79 Å². The van der Waals surface area contributed by atoms with Crippen molar-refractivity contribution >= 4 is 5.97 Å². The van der Waals surface area contributed by atoms with Gasteiger partial charge in [0.1, 0.15) is 0 Å². The molecule has 0 bridgehead atoms. The Balaban J connectivity index is 2.36. The van der Waals surface area contributed by atoms with Crippen molar-refractivity contribution in [3.8, 4) is 0 Å². The summed E-state index contributed by atoms with van der Waals surface area (Å²) in [5.74, 6) is -0.690. The predicted molar refractivity (Wildman–Crippen MR) is 56.3 cm³/mol. The van der Waals surface area contributed by atoms with Gasteiger partial charge in [0.25, 0.3) is 0 Å². The third kappa shape index (κ3) is 2.71. The van der Waals surface area contributed by atoms with E-state index < -0.39 is 11.4 Å². The van der Waals surface area contributed by atoms with Crippen LogP contribution >= 0.6 is 0 Å². The first-order chi connectivity index (χ1) is 6.43. The molecule has 0 aromatic heterocycles. The molecule has 1 aliphatic heterocycles. The van der Waals surface area contributed by atoms with Crippen molar-refractivity contribution in [2.75, 3.05) is 13.1 Å². The van der Waals surface area contributed by atoms with E-state index >= 15 is 0 Å². The zero-order valence-electron chi connectivity index (χ0n) is 9.42. The average Bonchev–Trinajstić information content (AvgIpc) is 2.47. The monoisotopic (exact) mass is 199 g/mol. The zero-order valence-corrected chi connectivity index (χ0v) is 9.42. The second-order valence-electron chi connectivity index (χ2n) is 4.97. The molecule has 1 unspecified atom stereocenters. The molecule has 1 fully saturated rings. The molecule has 1 saturated heterocycles.